The minimum Gasteiger partial charge on any atom is -0.467 e. The topological polar surface area (TPSA) is 73.0 Å². The highest BCUT2D eigenvalue weighted by atomic mass is 32.2. The van der Waals surface area contributed by atoms with E-state index in [2.05, 4.69) is 15.5 Å². The number of nitrogens with zero attached hydrogens (tertiary/aromatic N) is 3. The molecule has 27 heavy (non-hydrogen) atoms. The third kappa shape index (κ3) is 3.90. The summed E-state index contributed by atoms with van der Waals surface area (Å²) in [5.74, 6) is 0.974. The predicted octanol–water partition coefficient (Wildman–Crippen LogP) is 3.98. The van der Waals surface area contributed by atoms with Crippen LogP contribution in [0.1, 0.15) is 37.6 Å². The maximum Gasteiger partial charge on any atom is 0.231 e. The van der Waals surface area contributed by atoms with Gasteiger partial charge < -0.3 is 9.73 Å². The molecule has 2 aromatic heterocycles. The van der Waals surface area contributed by atoms with Crippen LogP contribution in [0.2, 0.25) is 0 Å². The van der Waals surface area contributed by atoms with E-state index in [0.717, 1.165) is 12.8 Å². The van der Waals surface area contributed by atoms with Gasteiger partial charge in [-0.05, 0) is 44.0 Å². The molecule has 3 aromatic rings. The van der Waals surface area contributed by atoms with Crippen molar-refractivity contribution >= 4 is 17.7 Å². The Bertz CT molecular complexity index is 937. The minimum absolute atomic E-state index is 0.123. The molecule has 1 unspecified atom stereocenters. The molecule has 1 atom stereocenters. The average Bonchev–Trinajstić information content (AvgIpc) is 3.18. The van der Waals surface area contributed by atoms with Crippen molar-refractivity contribution in [2.24, 2.45) is 0 Å². The molecule has 140 valence electrons. The number of thioether (sulfide) groups is 1. The maximum absolute atomic E-state index is 14.2. The summed E-state index contributed by atoms with van der Waals surface area (Å²) in [6, 6.07) is 10.2. The zero-order chi connectivity index (χ0) is 18.8. The van der Waals surface area contributed by atoms with E-state index in [4.69, 9.17) is 4.42 Å². The van der Waals surface area contributed by atoms with Crippen LogP contribution in [-0.4, -0.2) is 26.4 Å². The van der Waals surface area contributed by atoms with E-state index < -0.39 is 0 Å². The molecule has 1 fully saturated rings. The first kappa shape index (κ1) is 17.8. The SMILES string of the molecule is CC(NC(=O)CSc1nnc(-c2ccccc2F)n1C1CC1)c1ccco1. The number of hydrogen-bond acceptors (Lipinski definition) is 5. The second-order valence-electron chi connectivity index (χ2n) is 6.48. The molecule has 1 aliphatic carbocycles. The van der Waals surface area contributed by atoms with Gasteiger partial charge in [0, 0.05) is 6.04 Å². The van der Waals surface area contributed by atoms with E-state index in [-0.39, 0.29) is 29.6 Å². The van der Waals surface area contributed by atoms with Gasteiger partial charge in [0.2, 0.25) is 5.91 Å². The van der Waals surface area contributed by atoms with Gasteiger partial charge in [-0.3, -0.25) is 9.36 Å². The third-order valence-corrected chi connectivity index (χ3v) is 5.31. The van der Waals surface area contributed by atoms with Crippen molar-refractivity contribution in [3.8, 4) is 11.4 Å². The summed E-state index contributed by atoms with van der Waals surface area (Å²) in [5, 5.41) is 11.9. The van der Waals surface area contributed by atoms with Gasteiger partial charge in [0.25, 0.3) is 0 Å². The number of carbonyl (C=O) groups is 1. The van der Waals surface area contributed by atoms with Gasteiger partial charge >= 0.3 is 0 Å². The largest absolute Gasteiger partial charge is 0.467 e. The van der Waals surface area contributed by atoms with Crippen LogP contribution in [-0.2, 0) is 4.79 Å². The summed E-state index contributed by atoms with van der Waals surface area (Å²) in [6.45, 7) is 1.87. The Balaban J connectivity index is 1.47. The molecule has 1 aliphatic rings. The van der Waals surface area contributed by atoms with Gasteiger partial charge in [0.1, 0.15) is 11.6 Å². The van der Waals surface area contributed by atoms with Crippen molar-refractivity contribution in [3.63, 3.8) is 0 Å². The molecule has 0 spiro atoms. The fourth-order valence-electron chi connectivity index (χ4n) is 2.89. The summed E-state index contributed by atoms with van der Waals surface area (Å²) < 4.78 is 21.4. The molecule has 2 heterocycles. The van der Waals surface area contributed by atoms with Gasteiger partial charge in [-0.2, -0.15) is 0 Å². The molecule has 1 saturated carbocycles. The fourth-order valence-corrected chi connectivity index (χ4v) is 3.70. The third-order valence-electron chi connectivity index (χ3n) is 4.37. The van der Waals surface area contributed by atoms with Crippen molar-refractivity contribution < 1.29 is 13.6 Å². The molecule has 1 aromatic carbocycles. The first-order valence-electron chi connectivity index (χ1n) is 8.79. The number of hydrogen-bond donors (Lipinski definition) is 1. The number of halogens is 1. The zero-order valence-corrected chi connectivity index (χ0v) is 15.6. The molecule has 0 radical (unpaired) electrons. The van der Waals surface area contributed by atoms with Gasteiger partial charge in [0.05, 0.1) is 23.6 Å². The summed E-state index contributed by atoms with van der Waals surface area (Å²) in [6.07, 6.45) is 3.60. The van der Waals surface area contributed by atoms with Crippen LogP contribution in [0.3, 0.4) is 0 Å². The Morgan fingerprint density at radius 3 is 2.85 bits per heavy atom. The maximum atomic E-state index is 14.2. The Morgan fingerprint density at radius 2 is 2.15 bits per heavy atom. The molecule has 0 bridgehead atoms. The van der Waals surface area contributed by atoms with E-state index in [0.29, 0.717) is 22.3 Å². The molecule has 0 aliphatic heterocycles. The Hall–Kier alpha value is -2.61. The first-order valence-corrected chi connectivity index (χ1v) is 9.77. The predicted molar refractivity (Wildman–Crippen MR) is 99.7 cm³/mol. The van der Waals surface area contributed by atoms with Crippen molar-refractivity contribution in [3.05, 3.63) is 54.2 Å². The molecule has 0 saturated heterocycles. The van der Waals surface area contributed by atoms with Crippen LogP contribution in [0, 0.1) is 5.82 Å². The Kier molecular flexibility index (Phi) is 4.98. The van der Waals surface area contributed by atoms with E-state index in [1.54, 1.807) is 30.5 Å². The van der Waals surface area contributed by atoms with Crippen LogP contribution in [0.5, 0.6) is 0 Å². The monoisotopic (exact) mass is 386 g/mol. The second kappa shape index (κ2) is 7.56. The minimum atomic E-state index is -0.326. The van der Waals surface area contributed by atoms with Crippen molar-refractivity contribution in [2.75, 3.05) is 5.75 Å². The standard InChI is InChI=1S/C19H19FN4O2S/c1-12(16-7-4-10-26-16)21-17(25)11-27-19-23-22-18(24(19)13-8-9-13)14-5-2-3-6-15(14)20/h2-7,10,12-13H,8-9,11H2,1H3,(H,21,25). The lowest BCUT2D eigenvalue weighted by Crippen LogP contribution is -2.28. The van der Waals surface area contributed by atoms with Crippen molar-refractivity contribution in [2.45, 2.75) is 37.0 Å². The van der Waals surface area contributed by atoms with E-state index in [1.807, 2.05) is 17.6 Å². The zero-order valence-electron chi connectivity index (χ0n) is 14.8. The highest BCUT2D eigenvalue weighted by Gasteiger charge is 2.31. The van der Waals surface area contributed by atoms with Crippen LogP contribution in [0.25, 0.3) is 11.4 Å². The van der Waals surface area contributed by atoms with Crippen LogP contribution >= 0.6 is 11.8 Å². The van der Waals surface area contributed by atoms with Gasteiger partial charge in [-0.1, -0.05) is 23.9 Å². The van der Waals surface area contributed by atoms with E-state index in [9.17, 15) is 9.18 Å². The molecule has 1 amide bonds. The summed E-state index contributed by atoms with van der Waals surface area (Å²) in [5.41, 5.74) is 0.430. The molecule has 1 N–H and O–H groups in total. The van der Waals surface area contributed by atoms with Crippen LogP contribution < -0.4 is 5.32 Å². The highest BCUT2D eigenvalue weighted by molar-refractivity contribution is 7.99. The molecule has 4 rings (SSSR count). The lowest BCUT2D eigenvalue weighted by molar-refractivity contribution is -0.119. The highest BCUT2D eigenvalue weighted by Crippen LogP contribution is 2.41. The summed E-state index contributed by atoms with van der Waals surface area (Å²) in [7, 11) is 0. The van der Waals surface area contributed by atoms with E-state index in [1.165, 1.54) is 17.8 Å². The average molecular weight is 386 g/mol. The number of nitrogens with one attached hydrogen (secondary N) is 1. The number of amides is 1. The quantitative estimate of drug-likeness (QED) is 0.622. The van der Waals surface area contributed by atoms with Gasteiger partial charge in [-0.15, -0.1) is 10.2 Å². The number of aromatic nitrogens is 3. The first-order chi connectivity index (χ1) is 13.1. The van der Waals surface area contributed by atoms with Crippen LogP contribution in [0.15, 0.2) is 52.2 Å². The molecular formula is C19H19FN4O2S. The van der Waals surface area contributed by atoms with Crippen molar-refractivity contribution in [1.82, 2.24) is 20.1 Å². The molecule has 8 heteroatoms. The van der Waals surface area contributed by atoms with Gasteiger partial charge in [0.15, 0.2) is 11.0 Å². The Morgan fingerprint density at radius 1 is 1.33 bits per heavy atom. The number of furan rings is 1. The van der Waals surface area contributed by atoms with Crippen LogP contribution in [0.4, 0.5) is 4.39 Å². The normalized spacial score (nSPS) is 14.9. The summed E-state index contributed by atoms with van der Waals surface area (Å²) >= 11 is 1.31. The van der Waals surface area contributed by atoms with E-state index >= 15 is 0 Å². The van der Waals surface area contributed by atoms with Crippen molar-refractivity contribution in [1.29, 1.82) is 0 Å². The number of carbonyl (C=O) groups excluding carboxylic acids is 1. The second-order valence-corrected chi connectivity index (χ2v) is 7.42. The molecular weight excluding hydrogens is 367 g/mol. The Labute approximate surface area is 160 Å². The van der Waals surface area contributed by atoms with Gasteiger partial charge in [-0.25, -0.2) is 4.39 Å². The fraction of sp³-hybridized carbons (Fsp3) is 0.316. The lowest BCUT2D eigenvalue weighted by atomic mass is 10.2. The number of benzene rings is 1. The number of rotatable bonds is 7. The lowest BCUT2D eigenvalue weighted by Gasteiger charge is -2.12. The smallest absolute Gasteiger partial charge is 0.231 e. The molecule has 6 nitrogen and oxygen atoms in total. The summed E-state index contributed by atoms with van der Waals surface area (Å²) in [4.78, 5) is 12.3.